The number of likely N-dealkylation sites (tertiary alicyclic amines) is 1. The number of rotatable bonds is 5. The standard InChI is InChI=1S/C21H30N2O2/c1-15-9-18-11-20(25-21(18)10-16(15)2)12-22-19-3-6-23(7-4-19)13-17-5-8-24-14-17/h9-11,17,19,22H,3-8,12-14H2,1-2H3/t17-/m0/s1. The maximum Gasteiger partial charge on any atom is 0.134 e. The van der Waals surface area contributed by atoms with Crippen LogP contribution in [0.5, 0.6) is 0 Å². The SMILES string of the molecule is Cc1cc2cc(CNC3CCN(C[C@@H]4CCOC4)CC3)oc2cc1C. The third-order valence-corrected chi connectivity index (χ3v) is 5.88. The molecule has 4 nitrogen and oxygen atoms in total. The lowest BCUT2D eigenvalue weighted by molar-refractivity contribution is 0.147. The minimum absolute atomic E-state index is 0.604. The Hall–Kier alpha value is -1.36. The smallest absolute Gasteiger partial charge is 0.134 e. The van der Waals surface area contributed by atoms with Crippen LogP contribution in [-0.2, 0) is 11.3 Å². The Morgan fingerprint density at radius 3 is 2.64 bits per heavy atom. The molecule has 25 heavy (non-hydrogen) atoms. The van der Waals surface area contributed by atoms with Crippen LogP contribution >= 0.6 is 0 Å². The second-order valence-electron chi connectivity index (χ2n) is 7.87. The van der Waals surface area contributed by atoms with Crippen LogP contribution in [-0.4, -0.2) is 43.8 Å². The molecule has 1 aromatic carbocycles. The Morgan fingerprint density at radius 1 is 1.08 bits per heavy atom. The highest BCUT2D eigenvalue weighted by molar-refractivity contribution is 5.79. The molecule has 1 aromatic heterocycles. The van der Waals surface area contributed by atoms with Crippen LogP contribution < -0.4 is 5.32 Å². The van der Waals surface area contributed by atoms with Gasteiger partial charge in [0.1, 0.15) is 11.3 Å². The summed E-state index contributed by atoms with van der Waals surface area (Å²) < 4.78 is 11.5. The molecular weight excluding hydrogens is 312 g/mol. The summed E-state index contributed by atoms with van der Waals surface area (Å²) in [5.41, 5.74) is 3.63. The molecule has 0 radical (unpaired) electrons. The third-order valence-electron chi connectivity index (χ3n) is 5.88. The molecule has 1 N–H and O–H groups in total. The normalized spacial score (nSPS) is 22.9. The van der Waals surface area contributed by atoms with Crippen molar-refractivity contribution in [2.24, 2.45) is 5.92 Å². The molecule has 136 valence electrons. The fraction of sp³-hybridized carbons (Fsp3) is 0.619. The number of nitrogens with one attached hydrogen (secondary N) is 1. The van der Waals surface area contributed by atoms with Crippen molar-refractivity contribution in [3.8, 4) is 0 Å². The molecule has 2 aliphatic rings. The zero-order valence-electron chi connectivity index (χ0n) is 15.5. The first-order valence-corrected chi connectivity index (χ1v) is 9.70. The molecule has 0 saturated carbocycles. The fourth-order valence-corrected chi connectivity index (χ4v) is 4.10. The van der Waals surface area contributed by atoms with Crippen molar-refractivity contribution in [1.82, 2.24) is 10.2 Å². The van der Waals surface area contributed by atoms with Crippen LogP contribution in [0.25, 0.3) is 11.0 Å². The number of nitrogens with zero attached hydrogens (tertiary/aromatic N) is 1. The molecule has 2 fully saturated rings. The molecule has 4 rings (SSSR count). The average Bonchev–Trinajstić information content (AvgIpc) is 3.24. The van der Waals surface area contributed by atoms with Gasteiger partial charge >= 0.3 is 0 Å². The number of furan rings is 1. The van der Waals surface area contributed by atoms with Gasteiger partial charge in [0.25, 0.3) is 0 Å². The van der Waals surface area contributed by atoms with Crippen LogP contribution in [0.3, 0.4) is 0 Å². The first kappa shape index (κ1) is 17.1. The van der Waals surface area contributed by atoms with Crippen molar-refractivity contribution >= 4 is 11.0 Å². The number of benzene rings is 1. The molecule has 2 aliphatic heterocycles. The predicted octanol–water partition coefficient (Wildman–Crippen LogP) is 3.64. The van der Waals surface area contributed by atoms with E-state index in [4.69, 9.17) is 9.15 Å². The second kappa shape index (κ2) is 7.48. The monoisotopic (exact) mass is 342 g/mol. The van der Waals surface area contributed by atoms with Gasteiger partial charge in [-0.05, 0) is 81.4 Å². The molecule has 0 amide bonds. The van der Waals surface area contributed by atoms with E-state index >= 15 is 0 Å². The number of hydrogen-bond acceptors (Lipinski definition) is 4. The third kappa shape index (κ3) is 4.08. The summed E-state index contributed by atoms with van der Waals surface area (Å²) in [6, 6.07) is 7.17. The Labute approximate surface area is 150 Å². The molecule has 2 aromatic rings. The van der Waals surface area contributed by atoms with Gasteiger partial charge in [-0.3, -0.25) is 0 Å². The van der Waals surface area contributed by atoms with Crippen LogP contribution in [0.4, 0.5) is 0 Å². The van der Waals surface area contributed by atoms with E-state index in [1.807, 2.05) is 0 Å². The van der Waals surface area contributed by atoms with Gasteiger partial charge < -0.3 is 19.4 Å². The average molecular weight is 342 g/mol. The lowest BCUT2D eigenvalue weighted by Gasteiger charge is -2.33. The maximum absolute atomic E-state index is 6.02. The summed E-state index contributed by atoms with van der Waals surface area (Å²) in [5.74, 6) is 1.80. The Bertz CT molecular complexity index is 671. The number of ether oxygens (including phenoxy) is 1. The lowest BCUT2D eigenvalue weighted by atomic mass is 10.0. The topological polar surface area (TPSA) is 37.6 Å². The highest BCUT2D eigenvalue weighted by Crippen LogP contribution is 2.24. The van der Waals surface area contributed by atoms with Gasteiger partial charge in [0, 0.05) is 24.6 Å². The van der Waals surface area contributed by atoms with Crippen LogP contribution in [0.2, 0.25) is 0 Å². The molecule has 2 saturated heterocycles. The van der Waals surface area contributed by atoms with Gasteiger partial charge in [-0.1, -0.05) is 0 Å². The van der Waals surface area contributed by atoms with Gasteiger partial charge in [0.05, 0.1) is 13.2 Å². The number of hydrogen-bond donors (Lipinski definition) is 1. The first-order chi connectivity index (χ1) is 12.2. The van der Waals surface area contributed by atoms with E-state index in [2.05, 4.69) is 42.3 Å². The maximum atomic E-state index is 6.02. The number of fused-ring (bicyclic) bond motifs is 1. The highest BCUT2D eigenvalue weighted by Gasteiger charge is 2.23. The summed E-state index contributed by atoms with van der Waals surface area (Å²) in [4.78, 5) is 2.62. The van der Waals surface area contributed by atoms with E-state index in [0.717, 1.165) is 37.0 Å². The zero-order chi connectivity index (χ0) is 17.2. The van der Waals surface area contributed by atoms with Gasteiger partial charge in [-0.2, -0.15) is 0 Å². The minimum Gasteiger partial charge on any atom is -0.460 e. The molecule has 0 bridgehead atoms. The van der Waals surface area contributed by atoms with Gasteiger partial charge in [0.15, 0.2) is 0 Å². The summed E-state index contributed by atoms with van der Waals surface area (Å²) in [6.07, 6.45) is 3.70. The quantitative estimate of drug-likeness (QED) is 0.900. The molecule has 0 spiro atoms. The summed E-state index contributed by atoms with van der Waals surface area (Å²) in [7, 11) is 0. The van der Waals surface area contributed by atoms with E-state index in [0.29, 0.717) is 6.04 Å². The molecule has 3 heterocycles. The van der Waals surface area contributed by atoms with Crippen molar-refractivity contribution in [2.75, 3.05) is 32.8 Å². The van der Waals surface area contributed by atoms with Crippen molar-refractivity contribution in [3.63, 3.8) is 0 Å². The van der Waals surface area contributed by atoms with Crippen molar-refractivity contribution in [1.29, 1.82) is 0 Å². The van der Waals surface area contributed by atoms with Gasteiger partial charge in [-0.25, -0.2) is 0 Å². The fourth-order valence-electron chi connectivity index (χ4n) is 4.10. The molecule has 0 unspecified atom stereocenters. The van der Waals surface area contributed by atoms with Gasteiger partial charge in [-0.15, -0.1) is 0 Å². The van der Waals surface area contributed by atoms with E-state index in [1.165, 1.54) is 55.4 Å². The Balaban J connectivity index is 1.26. The lowest BCUT2D eigenvalue weighted by Crippen LogP contribution is -2.43. The molecule has 1 atom stereocenters. The van der Waals surface area contributed by atoms with Gasteiger partial charge in [0.2, 0.25) is 0 Å². The van der Waals surface area contributed by atoms with Crippen molar-refractivity contribution in [3.05, 3.63) is 35.1 Å². The van der Waals surface area contributed by atoms with E-state index < -0.39 is 0 Å². The Kier molecular flexibility index (Phi) is 5.11. The number of aryl methyl sites for hydroxylation is 2. The Morgan fingerprint density at radius 2 is 1.88 bits per heavy atom. The molecule has 0 aliphatic carbocycles. The van der Waals surface area contributed by atoms with E-state index in [1.54, 1.807) is 0 Å². The summed E-state index contributed by atoms with van der Waals surface area (Å²) >= 11 is 0. The first-order valence-electron chi connectivity index (χ1n) is 9.70. The highest BCUT2D eigenvalue weighted by atomic mass is 16.5. The zero-order valence-corrected chi connectivity index (χ0v) is 15.5. The van der Waals surface area contributed by atoms with E-state index in [9.17, 15) is 0 Å². The van der Waals surface area contributed by atoms with Crippen LogP contribution in [0, 0.1) is 19.8 Å². The van der Waals surface area contributed by atoms with Crippen LogP contribution in [0.15, 0.2) is 22.6 Å². The van der Waals surface area contributed by atoms with Crippen molar-refractivity contribution < 1.29 is 9.15 Å². The molecule has 4 heteroatoms. The second-order valence-corrected chi connectivity index (χ2v) is 7.87. The van der Waals surface area contributed by atoms with Crippen molar-refractivity contribution in [2.45, 2.75) is 45.7 Å². The largest absolute Gasteiger partial charge is 0.460 e. The summed E-state index contributed by atoms with van der Waals surface area (Å²) in [6.45, 7) is 10.7. The predicted molar refractivity (Wildman–Crippen MR) is 101 cm³/mol. The van der Waals surface area contributed by atoms with Crippen LogP contribution in [0.1, 0.15) is 36.1 Å². The summed E-state index contributed by atoms with van der Waals surface area (Å²) in [5, 5.41) is 4.91. The molecular formula is C21H30N2O2. The number of piperidine rings is 1. The van der Waals surface area contributed by atoms with E-state index in [-0.39, 0.29) is 0 Å². The minimum atomic E-state index is 0.604.